The standard InChI is InChI=1S/C11H11BrN2O3S/c1-3-16-11(15)6(2)10-13-9(14-17-10)8-4-7(12)5-18-8/h4-6H,3H2,1-2H3. The summed E-state index contributed by atoms with van der Waals surface area (Å²) in [4.78, 5) is 16.6. The van der Waals surface area contributed by atoms with Crippen LogP contribution in [0, 0.1) is 0 Å². The summed E-state index contributed by atoms with van der Waals surface area (Å²) in [7, 11) is 0. The van der Waals surface area contributed by atoms with Crippen molar-refractivity contribution < 1.29 is 14.1 Å². The number of aromatic nitrogens is 2. The van der Waals surface area contributed by atoms with Gasteiger partial charge < -0.3 is 9.26 Å². The van der Waals surface area contributed by atoms with Crippen LogP contribution in [0.1, 0.15) is 25.7 Å². The lowest BCUT2D eigenvalue weighted by atomic mass is 10.2. The largest absolute Gasteiger partial charge is 0.465 e. The van der Waals surface area contributed by atoms with Crippen molar-refractivity contribution in [2.45, 2.75) is 19.8 Å². The number of thiophene rings is 1. The molecule has 1 unspecified atom stereocenters. The van der Waals surface area contributed by atoms with E-state index in [-0.39, 0.29) is 11.9 Å². The van der Waals surface area contributed by atoms with Crippen molar-refractivity contribution in [3.05, 3.63) is 21.8 Å². The molecule has 96 valence electrons. The van der Waals surface area contributed by atoms with Gasteiger partial charge in [0.1, 0.15) is 5.92 Å². The molecule has 0 aliphatic rings. The lowest BCUT2D eigenvalue weighted by Crippen LogP contribution is -2.13. The molecule has 0 saturated heterocycles. The van der Waals surface area contributed by atoms with Crippen LogP contribution in [0.2, 0.25) is 0 Å². The Morgan fingerprint density at radius 1 is 1.67 bits per heavy atom. The smallest absolute Gasteiger partial charge is 0.318 e. The Hall–Kier alpha value is -1.21. The first-order chi connectivity index (χ1) is 8.61. The number of nitrogens with zero attached hydrogens (tertiary/aromatic N) is 2. The fourth-order valence-corrected chi connectivity index (χ4v) is 2.66. The Balaban J connectivity index is 2.17. The molecule has 7 heteroatoms. The van der Waals surface area contributed by atoms with Gasteiger partial charge in [0.2, 0.25) is 11.7 Å². The maximum Gasteiger partial charge on any atom is 0.318 e. The summed E-state index contributed by atoms with van der Waals surface area (Å²) in [6.07, 6.45) is 0. The second kappa shape index (κ2) is 5.62. The van der Waals surface area contributed by atoms with Gasteiger partial charge in [0.05, 0.1) is 11.5 Å². The predicted octanol–water partition coefficient (Wildman–Crippen LogP) is 3.23. The van der Waals surface area contributed by atoms with E-state index >= 15 is 0 Å². The van der Waals surface area contributed by atoms with E-state index in [1.165, 1.54) is 11.3 Å². The Morgan fingerprint density at radius 3 is 3.06 bits per heavy atom. The molecular weight excluding hydrogens is 320 g/mol. The SMILES string of the molecule is CCOC(=O)C(C)c1nc(-c2cc(Br)cs2)no1. The van der Waals surface area contributed by atoms with E-state index in [2.05, 4.69) is 26.1 Å². The maximum atomic E-state index is 11.5. The molecule has 2 aromatic rings. The van der Waals surface area contributed by atoms with E-state index in [1.807, 2.05) is 11.4 Å². The van der Waals surface area contributed by atoms with Crippen molar-refractivity contribution in [3.8, 4) is 10.7 Å². The van der Waals surface area contributed by atoms with Crippen molar-refractivity contribution in [2.24, 2.45) is 0 Å². The highest BCUT2D eigenvalue weighted by atomic mass is 79.9. The number of carbonyl (C=O) groups is 1. The summed E-state index contributed by atoms with van der Waals surface area (Å²) >= 11 is 4.86. The van der Waals surface area contributed by atoms with Crippen molar-refractivity contribution >= 4 is 33.2 Å². The normalized spacial score (nSPS) is 12.4. The van der Waals surface area contributed by atoms with Crippen LogP contribution in [0.3, 0.4) is 0 Å². The highest BCUT2D eigenvalue weighted by molar-refractivity contribution is 9.10. The molecule has 2 heterocycles. The Kier molecular flexibility index (Phi) is 4.13. The van der Waals surface area contributed by atoms with Gasteiger partial charge in [-0.1, -0.05) is 5.16 Å². The number of ether oxygens (including phenoxy) is 1. The molecule has 0 bridgehead atoms. The maximum absolute atomic E-state index is 11.5. The molecule has 0 amide bonds. The molecule has 1 atom stereocenters. The molecule has 18 heavy (non-hydrogen) atoms. The lowest BCUT2D eigenvalue weighted by molar-refractivity contribution is -0.145. The van der Waals surface area contributed by atoms with E-state index in [0.29, 0.717) is 12.4 Å². The van der Waals surface area contributed by atoms with Crippen LogP contribution in [0.15, 0.2) is 20.4 Å². The van der Waals surface area contributed by atoms with Crippen molar-refractivity contribution in [1.82, 2.24) is 10.1 Å². The van der Waals surface area contributed by atoms with Crippen LogP contribution in [0.5, 0.6) is 0 Å². The van der Waals surface area contributed by atoms with E-state index in [1.54, 1.807) is 13.8 Å². The van der Waals surface area contributed by atoms with Gasteiger partial charge in [-0.2, -0.15) is 4.98 Å². The fraction of sp³-hybridized carbons (Fsp3) is 0.364. The van der Waals surface area contributed by atoms with E-state index < -0.39 is 5.92 Å². The van der Waals surface area contributed by atoms with Crippen LogP contribution in [0.25, 0.3) is 10.7 Å². The molecule has 0 aromatic carbocycles. The molecule has 0 spiro atoms. The molecule has 5 nitrogen and oxygen atoms in total. The number of esters is 1. The van der Waals surface area contributed by atoms with Gasteiger partial charge in [-0.25, -0.2) is 0 Å². The van der Waals surface area contributed by atoms with Gasteiger partial charge in [-0.15, -0.1) is 11.3 Å². The van der Waals surface area contributed by atoms with E-state index in [9.17, 15) is 4.79 Å². The van der Waals surface area contributed by atoms with Crippen molar-refractivity contribution in [2.75, 3.05) is 6.61 Å². The summed E-state index contributed by atoms with van der Waals surface area (Å²) < 4.78 is 11.0. The third-order valence-electron chi connectivity index (χ3n) is 2.24. The topological polar surface area (TPSA) is 65.2 Å². The van der Waals surface area contributed by atoms with Crippen LogP contribution in [-0.2, 0) is 9.53 Å². The Morgan fingerprint density at radius 2 is 2.44 bits per heavy atom. The van der Waals surface area contributed by atoms with Crippen molar-refractivity contribution in [1.29, 1.82) is 0 Å². The second-order valence-electron chi connectivity index (χ2n) is 3.56. The van der Waals surface area contributed by atoms with Crippen LogP contribution in [0.4, 0.5) is 0 Å². The third-order valence-corrected chi connectivity index (χ3v) is 3.93. The average Bonchev–Trinajstić information content (AvgIpc) is 2.96. The third kappa shape index (κ3) is 2.78. The minimum absolute atomic E-state index is 0.271. The second-order valence-corrected chi connectivity index (χ2v) is 5.39. The molecule has 0 saturated carbocycles. The number of rotatable bonds is 4. The number of hydrogen-bond donors (Lipinski definition) is 0. The Bertz CT molecular complexity index is 552. The molecule has 2 aromatic heterocycles. The number of carbonyl (C=O) groups excluding carboxylic acids is 1. The first-order valence-corrected chi connectivity index (χ1v) is 7.03. The number of halogens is 1. The molecular formula is C11H11BrN2O3S. The molecule has 0 aliphatic heterocycles. The zero-order valence-corrected chi connectivity index (χ0v) is 12.2. The van der Waals surface area contributed by atoms with Gasteiger partial charge in [0.15, 0.2) is 0 Å². The molecule has 0 N–H and O–H groups in total. The predicted molar refractivity (Wildman–Crippen MR) is 70.4 cm³/mol. The van der Waals surface area contributed by atoms with Gasteiger partial charge >= 0.3 is 5.97 Å². The molecule has 2 rings (SSSR count). The summed E-state index contributed by atoms with van der Waals surface area (Å²) in [5.41, 5.74) is 0. The molecule has 0 aliphatic carbocycles. The first-order valence-electron chi connectivity index (χ1n) is 5.36. The minimum Gasteiger partial charge on any atom is -0.465 e. The summed E-state index contributed by atoms with van der Waals surface area (Å²) in [6, 6.07) is 1.90. The number of hydrogen-bond acceptors (Lipinski definition) is 6. The van der Waals surface area contributed by atoms with Crippen molar-refractivity contribution in [3.63, 3.8) is 0 Å². The quantitative estimate of drug-likeness (QED) is 0.805. The van der Waals surface area contributed by atoms with Gasteiger partial charge in [0, 0.05) is 9.85 Å². The molecule has 0 fully saturated rings. The summed E-state index contributed by atoms with van der Waals surface area (Å²) in [6.45, 7) is 3.77. The lowest BCUT2D eigenvalue weighted by Gasteiger charge is -2.04. The van der Waals surface area contributed by atoms with Gasteiger partial charge in [-0.05, 0) is 35.8 Å². The van der Waals surface area contributed by atoms with Gasteiger partial charge in [-0.3, -0.25) is 4.79 Å². The zero-order valence-electron chi connectivity index (χ0n) is 9.84. The van der Waals surface area contributed by atoms with E-state index in [4.69, 9.17) is 9.26 Å². The van der Waals surface area contributed by atoms with Crippen LogP contribution >= 0.6 is 27.3 Å². The summed E-state index contributed by atoms with van der Waals surface area (Å²) in [5, 5.41) is 5.79. The fourth-order valence-electron chi connectivity index (χ4n) is 1.31. The highest BCUT2D eigenvalue weighted by Gasteiger charge is 2.23. The molecule has 0 radical (unpaired) electrons. The summed E-state index contributed by atoms with van der Waals surface area (Å²) in [5.74, 6) is -0.153. The first kappa shape index (κ1) is 13.2. The highest BCUT2D eigenvalue weighted by Crippen LogP contribution is 2.28. The van der Waals surface area contributed by atoms with E-state index in [0.717, 1.165) is 9.35 Å². The zero-order chi connectivity index (χ0) is 13.1. The van der Waals surface area contributed by atoms with Crippen LogP contribution < -0.4 is 0 Å². The minimum atomic E-state index is -0.547. The van der Waals surface area contributed by atoms with Crippen LogP contribution in [-0.4, -0.2) is 22.7 Å². The Labute approximate surface area is 116 Å². The monoisotopic (exact) mass is 330 g/mol. The van der Waals surface area contributed by atoms with Gasteiger partial charge in [0.25, 0.3) is 0 Å². The average molecular weight is 331 g/mol.